The lowest BCUT2D eigenvalue weighted by Gasteiger charge is -2.41. The first-order valence-corrected chi connectivity index (χ1v) is 7.32. The van der Waals surface area contributed by atoms with Crippen LogP contribution >= 0.6 is 27.5 Å². The fourth-order valence-electron chi connectivity index (χ4n) is 2.96. The molecule has 1 saturated carbocycles. The van der Waals surface area contributed by atoms with Gasteiger partial charge in [-0.2, -0.15) is 0 Å². The predicted octanol–water partition coefficient (Wildman–Crippen LogP) is 4.49. The van der Waals surface area contributed by atoms with Gasteiger partial charge in [0.1, 0.15) is 0 Å². The van der Waals surface area contributed by atoms with Gasteiger partial charge in [0.25, 0.3) is 0 Å². The van der Waals surface area contributed by atoms with Crippen LogP contribution in [0.1, 0.15) is 12.8 Å². The third-order valence-electron chi connectivity index (χ3n) is 3.92. The minimum atomic E-state index is 0.507. The van der Waals surface area contributed by atoms with Gasteiger partial charge in [-0.05, 0) is 46.8 Å². The van der Waals surface area contributed by atoms with Crippen molar-refractivity contribution >= 4 is 33.2 Å². The lowest BCUT2D eigenvalue weighted by molar-refractivity contribution is 0.217. The normalized spacial score (nSPS) is 28.7. The summed E-state index contributed by atoms with van der Waals surface area (Å²) in [6.07, 6.45) is 7.09. The maximum absolute atomic E-state index is 6.10. The molecule has 2 nitrogen and oxygen atoms in total. The molecular formula is C14H15BrClNO. The van der Waals surface area contributed by atoms with Crippen LogP contribution < -0.4 is 10.1 Å². The molecule has 3 atom stereocenters. The Morgan fingerprint density at radius 3 is 3.00 bits per heavy atom. The zero-order valence-corrected chi connectivity index (χ0v) is 12.5. The molecule has 0 spiro atoms. The molecule has 3 unspecified atom stereocenters. The lowest BCUT2D eigenvalue weighted by atomic mass is 9.71. The molecule has 4 heteroatoms. The first-order chi connectivity index (χ1) is 8.69. The van der Waals surface area contributed by atoms with E-state index in [1.807, 2.05) is 12.1 Å². The molecule has 0 heterocycles. The SMILES string of the molecule is COc1c(Br)cc(Cl)cc1NC1CC2CC=CC21. The Bertz CT molecular complexity index is 503. The van der Waals surface area contributed by atoms with Crippen LogP contribution in [0.2, 0.25) is 5.02 Å². The van der Waals surface area contributed by atoms with Crippen molar-refractivity contribution in [2.45, 2.75) is 18.9 Å². The summed E-state index contributed by atoms with van der Waals surface area (Å²) in [5.74, 6) is 2.34. The second-order valence-corrected chi connectivity index (χ2v) is 6.25. The number of anilines is 1. The minimum Gasteiger partial charge on any atom is -0.493 e. The molecule has 2 aliphatic rings. The van der Waals surface area contributed by atoms with E-state index >= 15 is 0 Å². The Balaban J connectivity index is 1.82. The molecule has 1 aromatic carbocycles. The summed E-state index contributed by atoms with van der Waals surface area (Å²) in [6.45, 7) is 0. The first kappa shape index (κ1) is 12.4. The average Bonchev–Trinajstić information content (AvgIpc) is 2.67. The summed E-state index contributed by atoms with van der Waals surface area (Å²) in [7, 11) is 1.68. The van der Waals surface area contributed by atoms with Crippen molar-refractivity contribution in [2.24, 2.45) is 11.8 Å². The summed E-state index contributed by atoms with van der Waals surface area (Å²) < 4.78 is 6.31. The Hall–Kier alpha value is -0.670. The van der Waals surface area contributed by atoms with Crippen molar-refractivity contribution in [1.29, 1.82) is 0 Å². The van der Waals surface area contributed by atoms with Crippen LogP contribution in [0.4, 0.5) is 5.69 Å². The highest BCUT2D eigenvalue weighted by molar-refractivity contribution is 9.10. The molecule has 0 aliphatic heterocycles. The molecule has 0 aromatic heterocycles. The number of hydrogen-bond acceptors (Lipinski definition) is 2. The topological polar surface area (TPSA) is 21.3 Å². The third kappa shape index (κ3) is 2.04. The van der Waals surface area contributed by atoms with Gasteiger partial charge in [0.2, 0.25) is 0 Å². The molecule has 3 rings (SSSR count). The summed E-state index contributed by atoms with van der Waals surface area (Å²) >= 11 is 9.58. The predicted molar refractivity (Wildman–Crippen MR) is 78.5 cm³/mol. The molecule has 1 N–H and O–H groups in total. The van der Waals surface area contributed by atoms with Gasteiger partial charge in [-0.3, -0.25) is 0 Å². The van der Waals surface area contributed by atoms with Crippen LogP contribution in [0.15, 0.2) is 28.8 Å². The van der Waals surface area contributed by atoms with Gasteiger partial charge in [0.15, 0.2) is 5.75 Å². The number of ether oxygens (including phenoxy) is 1. The fourth-order valence-corrected chi connectivity index (χ4v) is 3.93. The van der Waals surface area contributed by atoms with E-state index in [2.05, 4.69) is 33.4 Å². The number of benzene rings is 1. The van der Waals surface area contributed by atoms with E-state index < -0.39 is 0 Å². The van der Waals surface area contributed by atoms with E-state index in [1.165, 1.54) is 12.8 Å². The molecule has 0 bridgehead atoms. The average molecular weight is 329 g/mol. The Morgan fingerprint density at radius 2 is 2.28 bits per heavy atom. The van der Waals surface area contributed by atoms with E-state index in [0.29, 0.717) is 17.0 Å². The second-order valence-electron chi connectivity index (χ2n) is 4.96. The minimum absolute atomic E-state index is 0.507. The third-order valence-corrected chi connectivity index (χ3v) is 4.72. The van der Waals surface area contributed by atoms with Crippen molar-refractivity contribution < 1.29 is 4.74 Å². The zero-order valence-electron chi connectivity index (χ0n) is 10.1. The smallest absolute Gasteiger partial charge is 0.156 e. The zero-order chi connectivity index (χ0) is 12.7. The van der Waals surface area contributed by atoms with Gasteiger partial charge in [-0.25, -0.2) is 0 Å². The van der Waals surface area contributed by atoms with E-state index in [0.717, 1.165) is 21.8 Å². The largest absolute Gasteiger partial charge is 0.493 e. The van der Waals surface area contributed by atoms with Crippen molar-refractivity contribution in [1.82, 2.24) is 0 Å². The van der Waals surface area contributed by atoms with E-state index in [9.17, 15) is 0 Å². The van der Waals surface area contributed by atoms with E-state index in [4.69, 9.17) is 16.3 Å². The van der Waals surface area contributed by atoms with Gasteiger partial charge in [-0.1, -0.05) is 23.8 Å². The molecule has 18 heavy (non-hydrogen) atoms. The van der Waals surface area contributed by atoms with Crippen LogP contribution in [0.25, 0.3) is 0 Å². The van der Waals surface area contributed by atoms with Gasteiger partial charge >= 0.3 is 0 Å². The summed E-state index contributed by atoms with van der Waals surface area (Å²) in [6, 6.07) is 4.29. The molecule has 0 saturated heterocycles. The molecule has 1 fully saturated rings. The van der Waals surface area contributed by atoms with Crippen molar-refractivity contribution in [3.05, 3.63) is 33.8 Å². The summed E-state index contributed by atoms with van der Waals surface area (Å²) in [5, 5.41) is 4.27. The number of nitrogens with one attached hydrogen (secondary N) is 1. The van der Waals surface area contributed by atoms with Crippen molar-refractivity contribution in [3.8, 4) is 5.75 Å². The number of rotatable bonds is 3. The van der Waals surface area contributed by atoms with Crippen LogP contribution in [-0.4, -0.2) is 13.2 Å². The van der Waals surface area contributed by atoms with Gasteiger partial charge in [0.05, 0.1) is 17.3 Å². The highest BCUT2D eigenvalue weighted by Gasteiger charge is 2.41. The number of allylic oxidation sites excluding steroid dienone is 1. The Labute approximate surface area is 120 Å². The Kier molecular flexibility index (Phi) is 3.29. The summed E-state index contributed by atoms with van der Waals surface area (Å²) in [4.78, 5) is 0. The lowest BCUT2D eigenvalue weighted by Crippen LogP contribution is -2.43. The highest BCUT2D eigenvalue weighted by Crippen LogP contribution is 2.46. The van der Waals surface area contributed by atoms with Crippen LogP contribution in [0.5, 0.6) is 5.75 Å². The summed E-state index contributed by atoms with van der Waals surface area (Å²) in [5.41, 5.74) is 0.973. The second kappa shape index (κ2) is 4.78. The standard InChI is InChI=1S/C14H15BrClNO/c1-18-14-11(15)6-9(16)7-13(14)17-12-5-8-3-2-4-10(8)12/h2,4,6-8,10,12,17H,3,5H2,1H3. The molecular weight excluding hydrogens is 314 g/mol. The first-order valence-electron chi connectivity index (χ1n) is 6.15. The molecule has 0 amide bonds. The molecule has 96 valence electrons. The molecule has 0 radical (unpaired) electrons. The highest BCUT2D eigenvalue weighted by atomic mass is 79.9. The maximum atomic E-state index is 6.10. The quantitative estimate of drug-likeness (QED) is 0.826. The Morgan fingerprint density at radius 1 is 1.44 bits per heavy atom. The van der Waals surface area contributed by atoms with E-state index in [1.54, 1.807) is 7.11 Å². The molecule has 2 aliphatic carbocycles. The van der Waals surface area contributed by atoms with Crippen molar-refractivity contribution in [2.75, 3.05) is 12.4 Å². The maximum Gasteiger partial charge on any atom is 0.156 e. The number of methoxy groups -OCH3 is 1. The van der Waals surface area contributed by atoms with Gasteiger partial charge in [-0.15, -0.1) is 0 Å². The number of halogens is 2. The molecule has 1 aromatic rings. The van der Waals surface area contributed by atoms with E-state index in [-0.39, 0.29) is 0 Å². The van der Waals surface area contributed by atoms with Crippen molar-refractivity contribution in [3.63, 3.8) is 0 Å². The number of hydrogen-bond donors (Lipinski definition) is 1. The monoisotopic (exact) mass is 327 g/mol. The number of fused-ring (bicyclic) bond motifs is 1. The van der Waals surface area contributed by atoms with Gasteiger partial charge in [0, 0.05) is 17.0 Å². The van der Waals surface area contributed by atoms with Crippen LogP contribution in [-0.2, 0) is 0 Å². The van der Waals surface area contributed by atoms with Crippen LogP contribution in [0, 0.1) is 11.8 Å². The fraction of sp³-hybridized carbons (Fsp3) is 0.429. The van der Waals surface area contributed by atoms with Crippen LogP contribution in [0.3, 0.4) is 0 Å². The van der Waals surface area contributed by atoms with Gasteiger partial charge < -0.3 is 10.1 Å².